The average Bonchev–Trinajstić information content (AvgIpc) is 2.30. The minimum absolute atomic E-state index is 0.970. The molecule has 0 amide bonds. The number of fused-ring (bicyclic) bond motifs is 1. The van der Waals surface area contributed by atoms with Gasteiger partial charge in [0.25, 0.3) is 0 Å². The lowest BCUT2D eigenvalue weighted by atomic mass is 10.1. The second-order valence-electron chi connectivity index (χ2n) is 2.64. The Balaban J connectivity index is 2.52. The quantitative estimate of drug-likeness (QED) is 0.749. The zero-order chi connectivity index (χ0) is 7.84. The number of rotatable bonds is 0. The standard InChI is InChI=1S/C7H8Br2N2/c8-6-4-1-2-10-3-5(4)7(9)11-6/h10-11H,1-3H2. The highest BCUT2D eigenvalue weighted by Crippen LogP contribution is 2.29. The van der Waals surface area contributed by atoms with Gasteiger partial charge < -0.3 is 10.3 Å². The highest BCUT2D eigenvalue weighted by Gasteiger charge is 2.16. The second kappa shape index (κ2) is 2.92. The summed E-state index contributed by atoms with van der Waals surface area (Å²) < 4.78 is 2.23. The topological polar surface area (TPSA) is 27.8 Å². The molecule has 0 aliphatic carbocycles. The van der Waals surface area contributed by atoms with Gasteiger partial charge in [0, 0.05) is 12.1 Å². The predicted molar refractivity (Wildman–Crippen MR) is 51.6 cm³/mol. The van der Waals surface area contributed by atoms with Crippen LogP contribution in [-0.4, -0.2) is 11.5 Å². The van der Waals surface area contributed by atoms with Crippen LogP contribution >= 0.6 is 31.9 Å². The Morgan fingerprint density at radius 1 is 1.09 bits per heavy atom. The average molecular weight is 280 g/mol. The van der Waals surface area contributed by atoms with Crippen LogP contribution in [0.1, 0.15) is 11.1 Å². The number of H-pyrrole nitrogens is 1. The molecule has 60 valence electrons. The van der Waals surface area contributed by atoms with Crippen molar-refractivity contribution in [1.82, 2.24) is 10.3 Å². The summed E-state index contributed by atoms with van der Waals surface area (Å²) in [5, 5.41) is 3.32. The summed E-state index contributed by atoms with van der Waals surface area (Å²) >= 11 is 6.97. The summed E-state index contributed by atoms with van der Waals surface area (Å²) in [6.45, 7) is 2.05. The summed E-state index contributed by atoms with van der Waals surface area (Å²) in [6.07, 6.45) is 1.11. The lowest BCUT2D eigenvalue weighted by molar-refractivity contribution is 0.644. The second-order valence-corrected chi connectivity index (χ2v) is 4.22. The van der Waals surface area contributed by atoms with E-state index >= 15 is 0 Å². The van der Waals surface area contributed by atoms with Crippen molar-refractivity contribution in [1.29, 1.82) is 0 Å². The maximum atomic E-state index is 3.49. The summed E-state index contributed by atoms with van der Waals surface area (Å²) in [7, 11) is 0. The van der Waals surface area contributed by atoms with E-state index < -0.39 is 0 Å². The molecular formula is C7H8Br2N2. The number of hydrogen-bond acceptors (Lipinski definition) is 1. The fourth-order valence-electron chi connectivity index (χ4n) is 1.38. The number of nitrogens with one attached hydrogen (secondary N) is 2. The summed E-state index contributed by atoms with van der Waals surface area (Å²) in [5.41, 5.74) is 2.78. The molecule has 1 aromatic rings. The van der Waals surface area contributed by atoms with Gasteiger partial charge in [0.05, 0.1) is 9.21 Å². The molecule has 0 radical (unpaired) electrons. The third kappa shape index (κ3) is 1.27. The zero-order valence-electron chi connectivity index (χ0n) is 5.88. The van der Waals surface area contributed by atoms with E-state index in [0.29, 0.717) is 0 Å². The van der Waals surface area contributed by atoms with E-state index in [-0.39, 0.29) is 0 Å². The van der Waals surface area contributed by atoms with Crippen LogP contribution in [0.3, 0.4) is 0 Å². The van der Waals surface area contributed by atoms with Crippen LogP contribution in [0, 0.1) is 0 Å². The molecule has 2 heterocycles. The molecule has 11 heavy (non-hydrogen) atoms. The monoisotopic (exact) mass is 278 g/mol. The molecule has 1 aliphatic rings. The molecule has 2 N–H and O–H groups in total. The smallest absolute Gasteiger partial charge is 0.0877 e. The first-order valence-electron chi connectivity index (χ1n) is 3.54. The SMILES string of the molecule is Brc1[nH]c(Br)c2c1CCNC2. The number of halogens is 2. The molecule has 0 unspecified atom stereocenters. The number of aromatic amines is 1. The summed E-state index contributed by atoms with van der Waals surface area (Å²) in [5.74, 6) is 0. The summed E-state index contributed by atoms with van der Waals surface area (Å²) in [4.78, 5) is 3.21. The van der Waals surface area contributed by atoms with Crippen molar-refractivity contribution in [2.75, 3.05) is 6.54 Å². The van der Waals surface area contributed by atoms with Gasteiger partial charge in [0.1, 0.15) is 0 Å². The van der Waals surface area contributed by atoms with Gasteiger partial charge in [-0.25, -0.2) is 0 Å². The molecular weight excluding hydrogens is 272 g/mol. The highest BCUT2D eigenvalue weighted by molar-refractivity contribution is 9.11. The van der Waals surface area contributed by atoms with E-state index in [1.807, 2.05) is 0 Å². The van der Waals surface area contributed by atoms with Crippen LogP contribution < -0.4 is 5.32 Å². The Morgan fingerprint density at radius 3 is 2.55 bits per heavy atom. The molecule has 0 spiro atoms. The maximum Gasteiger partial charge on any atom is 0.0877 e. The first-order chi connectivity index (χ1) is 5.29. The van der Waals surface area contributed by atoms with Gasteiger partial charge in [-0.15, -0.1) is 0 Å². The molecule has 1 aromatic heterocycles. The third-order valence-electron chi connectivity index (χ3n) is 1.97. The Morgan fingerprint density at radius 2 is 1.82 bits per heavy atom. The van der Waals surface area contributed by atoms with E-state index in [4.69, 9.17) is 0 Å². The maximum absolute atomic E-state index is 3.49. The lowest BCUT2D eigenvalue weighted by Gasteiger charge is -2.12. The van der Waals surface area contributed by atoms with Gasteiger partial charge in [-0.05, 0) is 50.4 Å². The van der Waals surface area contributed by atoms with Crippen molar-refractivity contribution in [3.8, 4) is 0 Å². The molecule has 0 atom stereocenters. The van der Waals surface area contributed by atoms with E-state index in [9.17, 15) is 0 Å². The van der Waals surface area contributed by atoms with E-state index in [1.54, 1.807) is 0 Å². The molecule has 0 saturated carbocycles. The predicted octanol–water partition coefficient (Wildman–Crippen LogP) is 2.19. The van der Waals surface area contributed by atoms with Gasteiger partial charge in [-0.2, -0.15) is 0 Å². The van der Waals surface area contributed by atoms with Crippen molar-refractivity contribution < 1.29 is 0 Å². The molecule has 0 bridgehead atoms. The molecule has 2 rings (SSSR count). The summed E-state index contributed by atoms with van der Waals surface area (Å²) in [6, 6.07) is 0. The van der Waals surface area contributed by atoms with Crippen molar-refractivity contribution in [3.63, 3.8) is 0 Å². The van der Waals surface area contributed by atoms with Gasteiger partial charge >= 0.3 is 0 Å². The number of aromatic nitrogens is 1. The van der Waals surface area contributed by atoms with Crippen molar-refractivity contribution >= 4 is 31.9 Å². The first-order valence-corrected chi connectivity index (χ1v) is 5.13. The fraction of sp³-hybridized carbons (Fsp3) is 0.429. The largest absolute Gasteiger partial charge is 0.344 e. The first kappa shape index (κ1) is 7.83. The van der Waals surface area contributed by atoms with Gasteiger partial charge in [-0.3, -0.25) is 0 Å². The Kier molecular flexibility index (Phi) is 2.08. The molecule has 0 fully saturated rings. The Bertz CT molecular complexity index is 254. The van der Waals surface area contributed by atoms with Crippen LogP contribution in [0.2, 0.25) is 0 Å². The third-order valence-corrected chi connectivity index (χ3v) is 3.32. The normalized spacial score (nSPS) is 16.5. The Labute approximate surface area is 82.0 Å². The molecule has 4 heteroatoms. The molecule has 0 aromatic carbocycles. The lowest BCUT2D eigenvalue weighted by Crippen LogP contribution is -2.22. The van der Waals surface area contributed by atoms with E-state index in [0.717, 1.165) is 28.7 Å². The van der Waals surface area contributed by atoms with Crippen molar-refractivity contribution in [2.45, 2.75) is 13.0 Å². The van der Waals surface area contributed by atoms with Crippen molar-refractivity contribution in [2.24, 2.45) is 0 Å². The van der Waals surface area contributed by atoms with E-state index in [1.165, 1.54) is 11.1 Å². The van der Waals surface area contributed by atoms with Gasteiger partial charge in [0.15, 0.2) is 0 Å². The van der Waals surface area contributed by atoms with Crippen LogP contribution in [0.15, 0.2) is 9.21 Å². The Hall–Kier alpha value is 0.200. The zero-order valence-corrected chi connectivity index (χ0v) is 9.05. The molecule has 1 aliphatic heterocycles. The van der Waals surface area contributed by atoms with Crippen molar-refractivity contribution in [3.05, 3.63) is 20.3 Å². The van der Waals surface area contributed by atoms with Gasteiger partial charge in [-0.1, -0.05) is 0 Å². The fourth-order valence-corrected chi connectivity index (χ4v) is 2.86. The number of hydrogen-bond donors (Lipinski definition) is 2. The van der Waals surface area contributed by atoms with E-state index in [2.05, 4.69) is 42.2 Å². The molecule has 2 nitrogen and oxygen atoms in total. The van der Waals surface area contributed by atoms with Crippen LogP contribution in [0.25, 0.3) is 0 Å². The molecule has 0 saturated heterocycles. The van der Waals surface area contributed by atoms with Crippen LogP contribution in [-0.2, 0) is 13.0 Å². The minimum Gasteiger partial charge on any atom is -0.344 e. The van der Waals surface area contributed by atoms with Gasteiger partial charge in [0.2, 0.25) is 0 Å². The van der Waals surface area contributed by atoms with Crippen LogP contribution in [0.4, 0.5) is 0 Å². The highest BCUT2D eigenvalue weighted by atomic mass is 79.9. The van der Waals surface area contributed by atoms with Crippen LogP contribution in [0.5, 0.6) is 0 Å². The minimum atomic E-state index is 0.970.